The summed E-state index contributed by atoms with van der Waals surface area (Å²) < 4.78 is 10.7. The van der Waals surface area contributed by atoms with E-state index in [-0.39, 0.29) is 0 Å². The highest BCUT2D eigenvalue weighted by molar-refractivity contribution is 6.39. The molecule has 0 saturated carbocycles. The Labute approximate surface area is 158 Å². The van der Waals surface area contributed by atoms with Gasteiger partial charge in [-0.2, -0.15) is 5.10 Å². The Bertz CT molecular complexity index is 862. The maximum atomic E-state index is 12.0. The van der Waals surface area contributed by atoms with Crippen molar-refractivity contribution in [2.45, 2.75) is 20.8 Å². The van der Waals surface area contributed by atoms with Crippen LogP contribution in [0.3, 0.4) is 0 Å². The third-order valence-corrected chi connectivity index (χ3v) is 3.93. The quantitative estimate of drug-likeness (QED) is 0.465. The van der Waals surface area contributed by atoms with Crippen molar-refractivity contribution in [2.24, 2.45) is 5.10 Å². The van der Waals surface area contributed by atoms with Crippen LogP contribution in [-0.4, -0.2) is 31.7 Å². The van der Waals surface area contributed by atoms with E-state index in [1.165, 1.54) is 13.3 Å². The number of nitrogens with one attached hydrogen (secondary N) is 2. The summed E-state index contributed by atoms with van der Waals surface area (Å²) in [5.74, 6) is -0.468. The van der Waals surface area contributed by atoms with Crippen molar-refractivity contribution < 1.29 is 19.1 Å². The zero-order valence-electron chi connectivity index (χ0n) is 15.8. The average Bonchev–Trinajstić information content (AvgIpc) is 2.66. The standard InChI is InChI=1S/C20H23N3O4/c1-5-27-17-10-9-15(11-18(17)26-4)12-21-23-20(25)19(24)22-16-8-6-7-13(2)14(16)3/h6-12H,5H2,1-4H3,(H,22,24)(H,23,25)/b21-12-. The van der Waals surface area contributed by atoms with E-state index in [0.717, 1.165) is 11.1 Å². The maximum absolute atomic E-state index is 12.0. The number of amides is 2. The fourth-order valence-electron chi connectivity index (χ4n) is 2.32. The van der Waals surface area contributed by atoms with Gasteiger partial charge in [0.2, 0.25) is 0 Å². The highest BCUT2D eigenvalue weighted by atomic mass is 16.5. The number of ether oxygens (including phenoxy) is 2. The molecule has 142 valence electrons. The molecule has 2 N–H and O–H groups in total. The fraction of sp³-hybridized carbons (Fsp3) is 0.250. The largest absolute Gasteiger partial charge is 0.493 e. The fourth-order valence-corrected chi connectivity index (χ4v) is 2.32. The van der Waals surface area contributed by atoms with Crippen LogP contribution < -0.4 is 20.2 Å². The molecule has 0 aliphatic carbocycles. The lowest BCUT2D eigenvalue weighted by Crippen LogP contribution is -2.32. The predicted octanol–water partition coefficient (Wildman–Crippen LogP) is 2.80. The van der Waals surface area contributed by atoms with Crippen LogP contribution in [0.5, 0.6) is 11.5 Å². The number of anilines is 1. The minimum atomic E-state index is -0.856. The van der Waals surface area contributed by atoms with Crippen molar-refractivity contribution in [3.8, 4) is 11.5 Å². The summed E-state index contributed by atoms with van der Waals surface area (Å²) in [6, 6.07) is 10.7. The normalized spacial score (nSPS) is 10.5. The SMILES string of the molecule is CCOc1ccc(/C=N\NC(=O)C(=O)Nc2cccc(C)c2C)cc1OC. The van der Waals surface area contributed by atoms with Crippen LogP contribution in [0.15, 0.2) is 41.5 Å². The number of methoxy groups -OCH3 is 1. The summed E-state index contributed by atoms with van der Waals surface area (Å²) in [6.45, 7) is 6.21. The first-order valence-corrected chi connectivity index (χ1v) is 8.47. The van der Waals surface area contributed by atoms with Crippen LogP contribution in [-0.2, 0) is 9.59 Å². The summed E-state index contributed by atoms with van der Waals surface area (Å²) in [4.78, 5) is 23.9. The number of carbonyl (C=O) groups is 2. The summed E-state index contributed by atoms with van der Waals surface area (Å²) in [7, 11) is 1.54. The van der Waals surface area contributed by atoms with Crippen molar-refractivity contribution in [1.29, 1.82) is 0 Å². The zero-order valence-corrected chi connectivity index (χ0v) is 15.8. The van der Waals surface area contributed by atoms with E-state index in [0.29, 0.717) is 29.4 Å². The van der Waals surface area contributed by atoms with Gasteiger partial charge in [0.05, 0.1) is 19.9 Å². The predicted molar refractivity (Wildman–Crippen MR) is 104 cm³/mol. The Morgan fingerprint density at radius 3 is 2.59 bits per heavy atom. The van der Waals surface area contributed by atoms with E-state index in [4.69, 9.17) is 9.47 Å². The van der Waals surface area contributed by atoms with E-state index in [9.17, 15) is 9.59 Å². The third kappa shape index (κ3) is 5.31. The molecule has 2 aromatic carbocycles. The van der Waals surface area contributed by atoms with Crippen molar-refractivity contribution in [3.05, 3.63) is 53.1 Å². The first kappa shape index (κ1) is 20.0. The smallest absolute Gasteiger partial charge is 0.329 e. The molecule has 0 spiro atoms. The van der Waals surface area contributed by atoms with Crippen molar-refractivity contribution in [3.63, 3.8) is 0 Å². The molecule has 2 aromatic rings. The molecule has 0 bridgehead atoms. The summed E-state index contributed by atoms with van der Waals surface area (Å²) >= 11 is 0. The molecule has 0 atom stereocenters. The van der Waals surface area contributed by atoms with Crippen LogP contribution in [0, 0.1) is 13.8 Å². The number of carbonyl (C=O) groups excluding carboxylic acids is 2. The lowest BCUT2D eigenvalue weighted by molar-refractivity contribution is -0.136. The average molecular weight is 369 g/mol. The zero-order chi connectivity index (χ0) is 19.8. The molecule has 0 aromatic heterocycles. The molecular formula is C20H23N3O4. The Morgan fingerprint density at radius 1 is 1.11 bits per heavy atom. The van der Waals surface area contributed by atoms with Gasteiger partial charge in [-0.3, -0.25) is 9.59 Å². The van der Waals surface area contributed by atoms with E-state index < -0.39 is 11.8 Å². The van der Waals surface area contributed by atoms with Gasteiger partial charge in [-0.05, 0) is 61.7 Å². The second-order valence-corrected chi connectivity index (χ2v) is 5.74. The van der Waals surface area contributed by atoms with Gasteiger partial charge in [0.15, 0.2) is 11.5 Å². The third-order valence-electron chi connectivity index (χ3n) is 3.93. The number of hydrogen-bond acceptors (Lipinski definition) is 5. The minimum Gasteiger partial charge on any atom is -0.493 e. The van der Waals surface area contributed by atoms with Gasteiger partial charge in [-0.1, -0.05) is 12.1 Å². The molecule has 0 unspecified atom stereocenters. The number of aryl methyl sites for hydroxylation is 1. The molecule has 2 rings (SSSR count). The highest BCUT2D eigenvalue weighted by Gasteiger charge is 2.14. The Kier molecular flexibility index (Phi) is 6.93. The Balaban J connectivity index is 1.98. The molecule has 0 fully saturated rings. The van der Waals surface area contributed by atoms with Gasteiger partial charge in [-0.15, -0.1) is 0 Å². The number of nitrogens with zero attached hydrogens (tertiary/aromatic N) is 1. The Morgan fingerprint density at radius 2 is 1.89 bits per heavy atom. The van der Waals surface area contributed by atoms with E-state index in [1.807, 2.05) is 32.9 Å². The molecular weight excluding hydrogens is 346 g/mol. The summed E-state index contributed by atoms with van der Waals surface area (Å²) in [6.07, 6.45) is 1.42. The molecule has 27 heavy (non-hydrogen) atoms. The minimum absolute atomic E-state index is 0.523. The monoisotopic (exact) mass is 369 g/mol. The van der Waals surface area contributed by atoms with Crippen LogP contribution in [0.1, 0.15) is 23.6 Å². The van der Waals surface area contributed by atoms with E-state index >= 15 is 0 Å². The van der Waals surface area contributed by atoms with E-state index in [2.05, 4.69) is 15.8 Å². The van der Waals surface area contributed by atoms with Gasteiger partial charge in [0, 0.05) is 5.69 Å². The van der Waals surface area contributed by atoms with Crippen LogP contribution in [0.25, 0.3) is 0 Å². The Hall–Kier alpha value is -3.35. The van der Waals surface area contributed by atoms with Gasteiger partial charge < -0.3 is 14.8 Å². The molecule has 2 amide bonds. The summed E-state index contributed by atoms with van der Waals surface area (Å²) in [5, 5.41) is 6.39. The summed E-state index contributed by atoms with van der Waals surface area (Å²) in [5.41, 5.74) is 5.42. The number of hydrazone groups is 1. The van der Waals surface area contributed by atoms with E-state index in [1.54, 1.807) is 24.3 Å². The van der Waals surface area contributed by atoms with Crippen molar-refractivity contribution >= 4 is 23.7 Å². The van der Waals surface area contributed by atoms with Gasteiger partial charge in [0.25, 0.3) is 0 Å². The maximum Gasteiger partial charge on any atom is 0.329 e. The first-order chi connectivity index (χ1) is 13.0. The lowest BCUT2D eigenvalue weighted by Gasteiger charge is -2.10. The molecule has 0 aliphatic heterocycles. The van der Waals surface area contributed by atoms with Crippen molar-refractivity contribution in [1.82, 2.24) is 5.43 Å². The molecule has 0 radical (unpaired) electrons. The molecule has 7 nitrogen and oxygen atoms in total. The molecule has 0 aliphatic rings. The van der Waals surface area contributed by atoms with Crippen molar-refractivity contribution in [2.75, 3.05) is 19.0 Å². The molecule has 0 heterocycles. The van der Waals surface area contributed by atoms with Crippen LogP contribution in [0.4, 0.5) is 5.69 Å². The lowest BCUT2D eigenvalue weighted by atomic mass is 10.1. The number of rotatable bonds is 6. The second-order valence-electron chi connectivity index (χ2n) is 5.74. The van der Waals surface area contributed by atoms with Gasteiger partial charge >= 0.3 is 11.8 Å². The second kappa shape index (κ2) is 9.38. The number of hydrogen-bond donors (Lipinski definition) is 2. The first-order valence-electron chi connectivity index (χ1n) is 8.47. The van der Waals surface area contributed by atoms with Crippen LogP contribution >= 0.6 is 0 Å². The topological polar surface area (TPSA) is 89.0 Å². The highest BCUT2D eigenvalue weighted by Crippen LogP contribution is 2.27. The number of benzene rings is 2. The molecule has 7 heteroatoms. The van der Waals surface area contributed by atoms with Crippen LogP contribution in [0.2, 0.25) is 0 Å². The molecule has 0 saturated heterocycles. The van der Waals surface area contributed by atoms with Gasteiger partial charge in [0.1, 0.15) is 0 Å². The van der Waals surface area contributed by atoms with Gasteiger partial charge in [-0.25, -0.2) is 5.43 Å².